The van der Waals surface area contributed by atoms with Gasteiger partial charge in [0, 0.05) is 13.0 Å². The second-order valence-corrected chi connectivity index (χ2v) is 5.20. The van der Waals surface area contributed by atoms with Crippen LogP contribution in [0.4, 0.5) is 5.69 Å². The Morgan fingerprint density at radius 2 is 2.16 bits per heavy atom. The van der Waals surface area contributed by atoms with E-state index in [-0.39, 0.29) is 5.91 Å². The highest BCUT2D eigenvalue weighted by Crippen LogP contribution is 2.20. The summed E-state index contributed by atoms with van der Waals surface area (Å²) in [6.07, 6.45) is 2.75. The molecular formula is C15H22N2O2. The summed E-state index contributed by atoms with van der Waals surface area (Å²) in [5.41, 5.74) is 6.44. The second kappa shape index (κ2) is 6.45. The van der Waals surface area contributed by atoms with Crippen molar-refractivity contribution in [3.05, 3.63) is 24.3 Å². The zero-order valence-electron chi connectivity index (χ0n) is 11.5. The monoisotopic (exact) mass is 262 g/mol. The number of carbonyl (C=O) groups excluding carboxylic acids is 1. The summed E-state index contributed by atoms with van der Waals surface area (Å²) < 4.78 is 5.64. The fourth-order valence-corrected chi connectivity index (χ4v) is 2.29. The van der Waals surface area contributed by atoms with Crippen LogP contribution in [0.3, 0.4) is 0 Å². The lowest BCUT2D eigenvalue weighted by Gasteiger charge is -2.21. The van der Waals surface area contributed by atoms with Crippen molar-refractivity contribution in [2.45, 2.75) is 26.2 Å². The normalized spacial score (nSPS) is 20.2. The maximum atomic E-state index is 11.9. The number of anilines is 1. The molecule has 0 spiro atoms. The first-order valence-corrected chi connectivity index (χ1v) is 6.92. The molecule has 1 unspecified atom stereocenters. The minimum absolute atomic E-state index is 0.244. The third kappa shape index (κ3) is 3.88. The van der Waals surface area contributed by atoms with E-state index in [1.165, 1.54) is 0 Å². The molecule has 0 aliphatic carbocycles. The van der Waals surface area contributed by atoms with E-state index in [0.717, 1.165) is 19.4 Å². The number of carbonyl (C=O) groups is 1. The molecule has 104 valence electrons. The zero-order chi connectivity index (χ0) is 13.7. The second-order valence-electron chi connectivity index (χ2n) is 5.20. The van der Waals surface area contributed by atoms with Gasteiger partial charge in [-0.05, 0) is 30.9 Å². The lowest BCUT2D eigenvalue weighted by Crippen LogP contribution is -2.34. The molecule has 1 aromatic rings. The van der Waals surface area contributed by atoms with Crippen molar-refractivity contribution in [2.75, 3.05) is 25.4 Å². The molecule has 0 aromatic heterocycles. The fraction of sp³-hybridized carbons (Fsp3) is 0.533. The maximum Gasteiger partial charge on any atom is 0.222 e. The number of nitrogen functional groups attached to an aromatic ring is 1. The van der Waals surface area contributed by atoms with Gasteiger partial charge in [0.25, 0.3) is 0 Å². The Balaban J connectivity index is 1.82. The molecule has 0 saturated carbocycles. The summed E-state index contributed by atoms with van der Waals surface area (Å²) >= 11 is 0. The molecule has 2 N–H and O–H groups in total. The molecular weight excluding hydrogens is 240 g/mol. The van der Waals surface area contributed by atoms with Gasteiger partial charge in [0.15, 0.2) is 0 Å². The molecule has 0 bridgehead atoms. The zero-order valence-corrected chi connectivity index (χ0v) is 11.5. The summed E-state index contributed by atoms with van der Waals surface area (Å²) in [6, 6.07) is 7.43. The van der Waals surface area contributed by atoms with Crippen molar-refractivity contribution in [3.63, 3.8) is 0 Å². The number of amides is 1. The first kappa shape index (κ1) is 13.7. The van der Waals surface area contributed by atoms with Gasteiger partial charge in [-0.2, -0.15) is 0 Å². The lowest BCUT2D eigenvalue weighted by molar-refractivity contribution is -0.131. The highest BCUT2D eigenvalue weighted by atomic mass is 16.5. The number of hydrogen-bond donors (Lipinski definition) is 1. The molecule has 19 heavy (non-hydrogen) atoms. The van der Waals surface area contributed by atoms with Gasteiger partial charge in [-0.3, -0.25) is 4.79 Å². The van der Waals surface area contributed by atoms with Gasteiger partial charge in [-0.25, -0.2) is 0 Å². The standard InChI is InChI=1S/C15H22N2O2/c1-12-6-7-15(18)17(9-8-12)10-11-19-14-5-3-2-4-13(14)16/h2-5,12H,6-11,16H2,1H3. The summed E-state index contributed by atoms with van der Waals surface area (Å²) in [7, 11) is 0. The number of ether oxygens (including phenoxy) is 1. The number of nitrogens with zero attached hydrogens (tertiary/aromatic N) is 1. The maximum absolute atomic E-state index is 11.9. The van der Waals surface area contributed by atoms with Gasteiger partial charge in [0.1, 0.15) is 12.4 Å². The van der Waals surface area contributed by atoms with Gasteiger partial charge in [-0.15, -0.1) is 0 Å². The number of hydrogen-bond acceptors (Lipinski definition) is 3. The predicted molar refractivity (Wildman–Crippen MR) is 75.9 cm³/mol. The Hall–Kier alpha value is -1.71. The Bertz CT molecular complexity index is 434. The van der Waals surface area contributed by atoms with E-state index in [9.17, 15) is 4.79 Å². The predicted octanol–water partition coefficient (Wildman–Crippen LogP) is 2.30. The molecule has 1 fully saturated rings. The van der Waals surface area contributed by atoms with E-state index < -0.39 is 0 Å². The molecule has 1 aliphatic rings. The van der Waals surface area contributed by atoms with E-state index in [0.29, 0.717) is 36.9 Å². The average Bonchev–Trinajstić information content (AvgIpc) is 2.56. The molecule has 4 nitrogen and oxygen atoms in total. The third-order valence-corrected chi connectivity index (χ3v) is 3.63. The van der Waals surface area contributed by atoms with E-state index in [1.54, 1.807) is 0 Å². The quantitative estimate of drug-likeness (QED) is 0.847. The fourth-order valence-electron chi connectivity index (χ4n) is 2.29. The topological polar surface area (TPSA) is 55.6 Å². The molecule has 1 atom stereocenters. The van der Waals surface area contributed by atoms with E-state index in [1.807, 2.05) is 29.2 Å². The minimum Gasteiger partial charge on any atom is -0.490 e. The Morgan fingerprint density at radius 1 is 1.37 bits per heavy atom. The smallest absolute Gasteiger partial charge is 0.222 e. The Kier molecular flexibility index (Phi) is 4.66. The van der Waals surface area contributed by atoms with Crippen molar-refractivity contribution in [2.24, 2.45) is 5.92 Å². The van der Waals surface area contributed by atoms with Gasteiger partial charge in [-0.1, -0.05) is 19.1 Å². The number of rotatable bonds is 4. The lowest BCUT2D eigenvalue weighted by atomic mass is 10.0. The van der Waals surface area contributed by atoms with Crippen LogP contribution in [0.2, 0.25) is 0 Å². The average molecular weight is 262 g/mol. The highest BCUT2D eigenvalue weighted by Gasteiger charge is 2.19. The largest absolute Gasteiger partial charge is 0.490 e. The molecule has 1 saturated heterocycles. The van der Waals surface area contributed by atoms with Crippen molar-refractivity contribution in [1.82, 2.24) is 4.90 Å². The first-order chi connectivity index (χ1) is 9.16. The van der Waals surface area contributed by atoms with Crippen molar-refractivity contribution < 1.29 is 9.53 Å². The molecule has 4 heteroatoms. The van der Waals surface area contributed by atoms with Crippen LogP contribution < -0.4 is 10.5 Å². The van der Waals surface area contributed by atoms with Crippen molar-refractivity contribution >= 4 is 11.6 Å². The van der Waals surface area contributed by atoms with Gasteiger partial charge in [0.2, 0.25) is 5.91 Å². The third-order valence-electron chi connectivity index (χ3n) is 3.63. The van der Waals surface area contributed by atoms with Gasteiger partial charge >= 0.3 is 0 Å². The molecule has 0 radical (unpaired) electrons. The van der Waals surface area contributed by atoms with Crippen LogP contribution in [0, 0.1) is 5.92 Å². The van der Waals surface area contributed by atoms with E-state index in [4.69, 9.17) is 10.5 Å². The number of likely N-dealkylation sites (tertiary alicyclic amines) is 1. The Morgan fingerprint density at radius 3 is 2.95 bits per heavy atom. The number of para-hydroxylation sites is 2. The van der Waals surface area contributed by atoms with Crippen LogP contribution in [0.15, 0.2) is 24.3 Å². The summed E-state index contributed by atoms with van der Waals surface area (Å²) in [4.78, 5) is 13.8. The molecule has 1 heterocycles. The van der Waals surface area contributed by atoms with Crippen LogP contribution in [0.1, 0.15) is 26.2 Å². The van der Waals surface area contributed by atoms with Crippen LogP contribution >= 0.6 is 0 Å². The van der Waals surface area contributed by atoms with E-state index >= 15 is 0 Å². The first-order valence-electron chi connectivity index (χ1n) is 6.92. The van der Waals surface area contributed by atoms with Gasteiger partial charge < -0.3 is 15.4 Å². The van der Waals surface area contributed by atoms with Crippen LogP contribution in [0.5, 0.6) is 5.75 Å². The van der Waals surface area contributed by atoms with Crippen LogP contribution in [-0.2, 0) is 4.79 Å². The SMILES string of the molecule is CC1CCC(=O)N(CCOc2ccccc2N)CC1. The Labute approximate surface area is 114 Å². The molecule has 1 aromatic carbocycles. The van der Waals surface area contributed by atoms with E-state index in [2.05, 4.69) is 6.92 Å². The summed E-state index contributed by atoms with van der Waals surface area (Å²) in [5, 5.41) is 0. The molecule has 1 amide bonds. The number of nitrogens with two attached hydrogens (primary N) is 1. The summed E-state index contributed by atoms with van der Waals surface area (Å²) in [5.74, 6) is 1.58. The molecule has 2 rings (SSSR count). The van der Waals surface area contributed by atoms with Crippen LogP contribution in [-0.4, -0.2) is 30.5 Å². The van der Waals surface area contributed by atoms with Gasteiger partial charge in [0.05, 0.1) is 12.2 Å². The minimum atomic E-state index is 0.244. The highest BCUT2D eigenvalue weighted by molar-refractivity contribution is 5.76. The molecule has 1 aliphatic heterocycles. The van der Waals surface area contributed by atoms with Crippen molar-refractivity contribution in [3.8, 4) is 5.75 Å². The summed E-state index contributed by atoms with van der Waals surface area (Å²) in [6.45, 7) is 4.18. The van der Waals surface area contributed by atoms with Crippen LogP contribution in [0.25, 0.3) is 0 Å². The van der Waals surface area contributed by atoms with Crippen molar-refractivity contribution in [1.29, 1.82) is 0 Å². The number of benzene rings is 1.